The zero-order valence-electron chi connectivity index (χ0n) is 15.3. The standard InChI is InChI=1S/C19H19FN2O6/c1-11(28-14-6-4-3-5-13(14)20)18(23)21-22-19(24)12-9-15(25-2)17-16(10-12)26-7-8-27-17/h3-6,9-11H,7-8H2,1-2H3,(H,21,23)(H,22,24)/t11-/m1/s1. The fourth-order valence-electron chi connectivity index (χ4n) is 2.48. The first kappa shape index (κ1) is 19.3. The summed E-state index contributed by atoms with van der Waals surface area (Å²) in [6.45, 7) is 2.16. The summed E-state index contributed by atoms with van der Waals surface area (Å²) in [5, 5.41) is 0. The summed E-state index contributed by atoms with van der Waals surface area (Å²) in [6.07, 6.45) is -1.04. The molecule has 0 bridgehead atoms. The minimum atomic E-state index is -1.04. The number of benzene rings is 2. The summed E-state index contributed by atoms with van der Waals surface area (Å²) < 4.78 is 35.0. The van der Waals surface area contributed by atoms with E-state index in [1.165, 1.54) is 44.4 Å². The Morgan fingerprint density at radius 3 is 2.61 bits per heavy atom. The molecule has 1 aliphatic heterocycles. The Morgan fingerprint density at radius 2 is 1.86 bits per heavy atom. The highest BCUT2D eigenvalue weighted by Gasteiger charge is 2.22. The number of halogens is 1. The number of fused-ring (bicyclic) bond motifs is 1. The monoisotopic (exact) mass is 390 g/mol. The molecule has 2 amide bonds. The molecule has 0 radical (unpaired) electrons. The van der Waals surface area contributed by atoms with Crippen molar-refractivity contribution in [1.29, 1.82) is 0 Å². The van der Waals surface area contributed by atoms with Gasteiger partial charge in [0.05, 0.1) is 7.11 Å². The Kier molecular flexibility index (Phi) is 5.83. The van der Waals surface area contributed by atoms with Crippen LogP contribution in [0.4, 0.5) is 4.39 Å². The first-order valence-electron chi connectivity index (χ1n) is 8.48. The van der Waals surface area contributed by atoms with Crippen molar-refractivity contribution in [1.82, 2.24) is 10.9 Å². The molecule has 0 saturated carbocycles. The first-order valence-corrected chi connectivity index (χ1v) is 8.48. The lowest BCUT2D eigenvalue weighted by atomic mass is 10.1. The van der Waals surface area contributed by atoms with Crippen LogP contribution in [0, 0.1) is 5.82 Å². The molecule has 3 rings (SSSR count). The van der Waals surface area contributed by atoms with Crippen LogP contribution in [0.15, 0.2) is 36.4 Å². The minimum absolute atomic E-state index is 0.0620. The zero-order valence-corrected chi connectivity index (χ0v) is 15.3. The molecule has 8 nitrogen and oxygen atoms in total. The van der Waals surface area contributed by atoms with Gasteiger partial charge in [0.25, 0.3) is 11.8 Å². The van der Waals surface area contributed by atoms with Gasteiger partial charge in [-0.1, -0.05) is 12.1 Å². The molecule has 1 heterocycles. The zero-order chi connectivity index (χ0) is 20.1. The summed E-state index contributed by atoms with van der Waals surface area (Å²) in [6, 6.07) is 8.66. The number of hydrogen-bond donors (Lipinski definition) is 2. The molecule has 148 valence electrons. The molecule has 0 aliphatic carbocycles. The normalized spacial score (nSPS) is 13.2. The van der Waals surface area contributed by atoms with E-state index in [1.54, 1.807) is 6.07 Å². The van der Waals surface area contributed by atoms with Gasteiger partial charge in [0.15, 0.2) is 29.2 Å². The van der Waals surface area contributed by atoms with E-state index in [9.17, 15) is 14.0 Å². The maximum absolute atomic E-state index is 13.6. The molecule has 28 heavy (non-hydrogen) atoms. The Balaban J connectivity index is 1.62. The molecule has 0 fully saturated rings. The molecular weight excluding hydrogens is 371 g/mol. The predicted molar refractivity (Wildman–Crippen MR) is 96.1 cm³/mol. The van der Waals surface area contributed by atoms with Crippen LogP contribution in [-0.2, 0) is 4.79 Å². The average molecular weight is 390 g/mol. The van der Waals surface area contributed by atoms with Crippen molar-refractivity contribution in [3.05, 3.63) is 47.8 Å². The van der Waals surface area contributed by atoms with Crippen molar-refractivity contribution in [2.75, 3.05) is 20.3 Å². The van der Waals surface area contributed by atoms with Gasteiger partial charge < -0.3 is 18.9 Å². The molecule has 0 unspecified atom stereocenters. The number of hydrazine groups is 1. The fourth-order valence-corrected chi connectivity index (χ4v) is 2.48. The van der Waals surface area contributed by atoms with Crippen molar-refractivity contribution in [2.45, 2.75) is 13.0 Å². The Bertz CT molecular complexity index is 871. The number of rotatable bonds is 5. The third-order valence-corrected chi connectivity index (χ3v) is 3.90. The van der Waals surface area contributed by atoms with Crippen molar-refractivity contribution in [3.63, 3.8) is 0 Å². The second-order valence-electron chi connectivity index (χ2n) is 5.84. The van der Waals surface area contributed by atoms with E-state index in [2.05, 4.69) is 10.9 Å². The predicted octanol–water partition coefficient (Wildman–Crippen LogP) is 1.83. The Morgan fingerprint density at radius 1 is 1.11 bits per heavy atom. The lowest BCUT2D eigenvalue weighted by molar-refractivity contribution is -0.128. The second kappa shape index (κ2) is 8.47. The Hall–Kier alpha value is -3.49. The van der Waals surface area contributed by atoms with Crippen LogP contribution in [-0.4, -0.2) is 38.2 Å². The number of ether oxygens (including phenoxy) is 4. The van der Waals surface area contributed by atoms with Gasteiger partial charge in [-0.2, -0.15) is 0 Å². The molecular formula is C19H19FN2O6. The third-order valence-electron chi connectivity index (χ3n) is 3.90. The van der Waals surface area contributed by atoms with E-state index in [0.29, 0.717) is 30.5 Å². The number of carbonyl (C=O) groups excluding carboxylic acids is 2. The maximum Gasteiger partial charge on any atom is 0.279 e. The summed E-state index contributed by atoms with van der Waals surface area (Å²) >= 11 is 0. The SMILES string of the molecule is COc1cc(C(=O)NNC(=O)[C@@H](C)Oc2ccccc2F)cc2c1OCCO2. The van der Waals surface area contributed by atoms with Crippen molar-refractivity contribution in [3.8, 4) is 23.0 Å². The number of methoxy groups -OCH3 is 1. The van der Waals surface area contributed by atoms with E-state index < -0.39 is 23.7 Å². The molecule has 2 aromatic rings. The van der Waals surface area contributed by atoms with Crippen molar-refractivity contribution >= 4 is 11.8 Å². The topological polar surface area (TPSA) is 95.1 Å². The van der Waals surface area contributed by atoms with E-state index in [0.717, 1.165) is 0 Å². The third kappa shape index (κ3) is 4.25. The number of amides is 2. The highest BCUT2D eigenvalue weighted by atomic mass is 19.1. The summed E-state index contributed by atoms with van der Waals surface area (Å²) in [7, 11) is 1.44. The van der Waals surface area contributed by atoms with E-state index >= 15 is 0 Å². The maximum atomic E-state index is 13.6. The van der Waals surface area contributed by atoms with E-state index in [1.807, 2.05) is 0 Å². The lowest BCUT2D eigenvalue weighted by Gasteiger charge is -2.21. The van der Waals surface area contributed by atoms with Crippen LogP contribution in [0.25, 0.3) is 0 Å². The first-order chi connectivity index (χ1) is 13.5. The van der Waals surface area contributed by atoms with Gasteiger partial charge in [0.2, 0.25) is 5.75 Å². The molecule has 1 atom stereocenters. The molecule has 0 spiro atoms. The van der Waals surface area contributed by atoms with Crippen LogP contribution < -0.4 is 29.8 Å². The number of para-hydroxylation sites is 1. The van der Waals surface area contributed by atoms with Gasteiger partial charge >= 0.3 is 0 Å². The molecule has 0 saturated heterocycles. The second-order valence-corrected chi connectivity index (χ2v) is 5.84. The fraction of sp³-hybridized carbons (Fsp3) is 0.263. The van der Waals surface area contributed by atoms with Gasteiger partial charge in [-0.15, -0.1) is 0 Å². The molecule has 2 aromatic carbocycles. The Labute approximate surface area is 160 Å². The number of hydrogen-bond acceptors (Lipinski definition) is 6. The van der Waals surface area contributed by atoms with Crippen LogP contribution in [0.1, 0.15) is 17.3 Å². The molecule has 9 heteroatoms. The molecule has 2 N–H and O–H groups in total. The van der Waals surface area contributed by atoms with Gasteiger partial charge in [-0.05, 0) is 31.2 Å². The van der Waals surface area contributed by atoms with Crippen molar-refractivity contribution in [2.24, 2.45) is 0 Å². The summed E-state index contributed by atoms with van der Waals surface area (Å²) in [4.78, 5) is 24.5. The van der Waals surface area contributed by atoms with Gasteiger partial charge in [0.1, 0.15) is 13.2 Å². The quantitative estimate of drug-likeness (QED) is 0.757. The summed E-state index contributed by atoms with van der Waals surface area (Å²) in [5.74, 6) is -0.769. The van der Waals surface area contributed by atoms with Gasteiger partial charge in [-0.3, -0.25) is 20.4 Å². The highest BCUT2D eigenvalue weighted by Crippen LogP contribution is 2.40. The molecule has 0 aromatic heterocycles. The molecule has 1 aliphatic rings. The van der Waals surface area contributed by atoms with E-state index in [-0.39, 0.29) is 11.3 Å². The van der Waals surface area contributed by atoms with Crippen LogP contribution in [0.3, 0.4) is 0 Å². The lowest BCUT2D eigenvalue weighted by Crippen LogP contribution is -2.47. The average Bonchev–Trinajstić information content (AvgIpc) is 2.72. The largest absolute Gasteiger partial charge is 0.493 e. The highest BCUT2D eigenvalue weighted by molar-refractivity contribution is 5.97. The van der Waals surface area contributed by atoms with Crippen molar-refractivity contribution < 1.29 is 32.9 Å². The van der Waals surface area contributed by atoms with Crippen LogP contribution >= 0.6 is 0 Å². The van der Waals surface area contributed by atoms with E-state index in [4.69, 9.17) is 18.9 Å². The number of carbonyl (C=O) groups is 2. The number of nitrogens with one attached hydrogen (secondary N) is 2. The van der Waals surface area contributed by atoms with Crippen LogP contribution in [0.5, 0.6) is 23.0 Å². The van der Waals surface area contributed by atoms with Gasteiger partial charge in [-0.25, -0.2) is 4.39 Å². The minimum Gasteiger partial charge on any atom is -0.493 e. The van der Waals surface area contributed by atoms with Crippen LogP contribution in [0.2, 0.25) is 0 Å². The summed E-state index contributed by atoms with van der Waals surface area (Å²) in [5.41, 5.74) is 4.71. The smallest absolute Gasteiger partial charge is 0.279 e. The van der Waals surface area contributed by atoms with Gasteiger partial charge in [0, 0.05) is 5.56 Å².